The molecule has 0 rings (SSSR count). The molecule has 0 aromatic carbocycles. The first-order valence-electron chi connectivity index (χ1n) is 6.56. The Balaban J connectivity index is 3.76. The molecule has 0 aliphatic carbocycles. The first-order valence-corrected chi connectivity index (χ1v) is 6.56. The van der Waals surface area contributed by atoms with Crippen LogP contribution in [0.15, 0.2) is 0 Å². The van der Waals surface area contributed by atoms with Crippen molar-refractivity contribution >= 4 is 0 Å². The summed E-state index contributed by atoms with van der Waals surface area (Å²) >= 11 is 0. The number of hydrogen-bond donors (Lipinski definition) is 1. The van der Waals surface area contributed by atoms with Crippen LogP contribution < -0.4 is 5.32 Å². The molecule has 2 unspecified atom stereocenters. The topological polar surface area (TPSA) is 21.3 Å². The first kappa shape index (κ1) is 17.7. The van der Waals surface area contributed by atoms with Gasteiger partial charge in [-0.2, -0.15) is 13.2 Å². The molecule has 0 heterocycles. The zero-order valence-electron chi connectivity index (χ0n) is 11.8. The SMILES string of the molecule is CNC(CCOCC(F)(F)F)CC(C)CC(C)C. The maximum Gasteiger partial charge on any atom is 0.411 e. The Kier molecular flexibility index (Phi) is 8.61. The van der Waals surface area contributed by atoms with E-state index in [-0.39, 0.29) is 12.6 Å². The monoisotopic (exact) mass is 269 g/mol. The summed E-state index contributed by atoms with van der Waals surface area (Å²) in [7, 11) is 1.84. The molecule has 5 heteroatoms. The average Bonchev–Trinajstić information content (AvgIpc) is 2.19. The molecular formula is C13H26F3NO. The number of halogens is 3. The minimum absolute atomic E-state index is 0.152. The Bertz CT molecular complexity index is 207. The van der Waals surface area contributed by atoms with Crippen LogP contribution in [-0.4, -0.2) is 32.5 Å². The van der Waals surface area contributed by atoms with Crippen molar-refractivity contribution < 1.29 is 17.9 Å². The predicted molar refractivity (Wildman–Crippen MR) is 67.6 cm³/mol. The molecule has 0 saturated carbocycles. The van der Waals surface area contributed by atoms with Crippen molar-refractivity contribution in [1.82, 2.24) is 5.32 Å². The van der Waals surface area contributed by atoms with Gasteiger partial charge >= 0.3 is 6.18 Å². The van der Waals surface area contributed by atoms with Gasteiger partial charge in [-0.25, -0.2) is 0 Å². The zero-order valence-corrected chi connectivity index (χ0v) is 11.8. The van der Waals surface area contributed by atoms with Gasteiger partial charge in [0.05, 0.1) is 0 Å². The lowest BCUT2D eigenvalue weighted by Gasteiger charge is -2.22. The molecule has 0 aromatic heterocycles. The molecule has 0 amide bonds. The van der Waals surface area contributed by atoms with E-state index in [0.717, 1.165) is 12.8 Å². The Morgan fingerprint density at radius 2 is 1.72 bits per heavy atom. The second-order valence-corrected chi connectivity index (χ2v) is 5.41. The van der Waals surface area contributed by atoms with E-state index in [2.05, 4.69) is 30.8 Å². The van der Waals surface area contributed by atoms with E-state index in [1.807, 2.05) is 7.05 Å². The molecule has 18 heavy (non-hydrogen) atoms. The molecule has 0 spiro atoms. The van der Waals surface area contributed by atoms with Crippen LogP contribution in [-0.2, 0) is 4.74 Å². The van der Waals surface area contributed by atoms with Crippen molar-refractivity contribution in [3.05, 3.63) is 0 Å². The van der Waals surface area contributed by atoms with E-state index in [4.69, 9.17) is 0 Å². The van der Waals surface area contributed by atoms with E-state index in [9.17, 15) is 13.2 Å². The molecule has 0 saturated heterocycles. The quantitative estimate of drug-likeness (QED) is 0.646. The summed E-state index contributed by atoms with van der Waals surface area (Å²) in [4.78, 5) is 0. The van der Waals surface area contributed by atoms with Crippen molar-refractivity contribution in [2.45, 2.75) is 52.3 Å². The van der Waals surface area contributed by atoms with Gasteiger partial charge in [-0.05, 0) is 38.1 Å². The summed E-state index contributed by atoms with van der Waals surface area (Å²) in [6.07, 6.45) is -1.49. The summed E-state index contributed by atoms with van der Waals surface area (Å²) in [5.74, 6) is 1.23. The molecule has 0 aliphatic rings. The number of nitrogens with one attached hydrogen (secondary N) is 1. The summed E-state index contributed by atoms with van der Waals surface area (Å²) in [6.45, 7) is 5.54. The summed E-state index contributed by atoms with van der Waals surface area (Å²) in [5.41, 5.74) is 0. The van der Waals surface area contributed by atoms with Crippen LogP contribution in [0, 0.1) is 11.8 Å². The van der Waals surface area contributed by atoms with Gasteiger partial charge in [-0.1, -0.05) is 20.8 Å². The zero-order chi connectivity index (χ0) is 14.2. The normalized spacial score (nSPS) is 16.0. The Hall–Kier alpha value is -0.290. The highest BCUT2D eigenvalue weighted by Gasteiger charge is 2.27. The molecule has 0 radical (unpaired) electrons. The van der Waals surface area contributed by atoms with Gasteiger partial charge < -0.3 is 10.1 Å². The smallest absolute Gasteiger partial charge is 0.372 e. The fourth-order valence-corrected chi connectivity index (χ4v) is 2.18. The third-order valence-corrected chi connectivity index (χ3v) is 2.85. The maximum atomic E-state index is 11.9. The van der Waals surface area contributed by atoms with Crippen molar-refractivity contribution in [3.8, 4) is 0 Å². The molecule has 0 bridgehead atoms. The van der Waals surface area contributed by atoms with Crippen LogP contribution in [0.3, 0.4) is 0 Å². The van der Waals surface area contributed by atoms with E-state index in [1.54, 1.807) is 0 Å². The Morgan fingerprint density at radius 3 is 2.17 bits per heavy atom. The molecular weight excluding hydrogens is 243 g/mol. The molecule has 110 valence electrons. The van der Waals surface area contributed by atoms with E-state index < -0.39 is 12.8 Å². The number of ether oxygens (including phenoxy) is 1. The Morgan fingerprint density at radius 1 is 1.11 bits per heavy atom. The number of rotatable bonds is 9. The minimum Gasteiger partial charge on any atom is -0.372 e. The fraction of sp³-hybridized carbons (Fsp3) is 1.00. The number of hydrogen-bond acceptors (Lipinski definition) is 2. The van der Waals surface area contributed by atoms with Gasteiger partial charge in [0, 0.05) is 12.6 Å². The molecule has 0 aliphatic heterocycles. The highest BCUT2D eigenvalue weighted by Crippen LogP contribution is 2.18. The summed E-state index contributed by atoms with van der Waals surface area (Å²) < 4.78 is 40.3. The predicted octanol–water partition coefficient (Wildman–Crippen LogP) is 3.62. The highest BCUT2D eigenvalue weighted by molar-refractivity contribution is 4.69. The van der Waals surface area contributed by atoms with Gasteiger partial charge in [0.1, 0.15) is 6.61 Å². The van der Waals surface area contributed by atoms with Gasteiger partial charge in [-0.15, -0.1) is 0 Å². The first-order chi connectivity index (χ1) is 8.24. The largest absolute Gasteiger partial charge is 0.411 e. The highest BCUT2D eigenvalue weighted by atomic mass is 19.4. The number of alkyl halides is 3. The van der Waals surface area contributed by atoms with Crippen molar-refractivity contribution in [2.24, 2.45) is 11.8 Å². The standard InChI is InChI=1S/C13H26F3NO/c1-10(2)7-11(3)8-12(17-4)5-6-18-9-13(14,15)16/h10-12,17H,5-9H2,1-4H3. The summed E-state index contributed by atoms with van der Waals surface area (Å²) in [6, 6.07) is 0.229. The lowest BCUT2D eigenvalue weighted by molar-refractivity contribution is -0.174. The Labute approximate surface area is 108 Å². The van der Waals surface area contributed by atoms with Gasteiger partial charge in [-0.3, -0.25) is 0 Å². The lowest BCUT2D eigenvalue weighted by Crippen LogP contribution is -2.29. The molecule has 0 fully saturated rings. The van der Waals surface area contributed by atoms with Crippen LogP contribution in [0.2, 0.25) is 0 Å². The fourth-order valence-electron chi connectivity index (χ4n) is 2.18. The van der Waals surface area contributed by atoms with Crippen LogP contribution in [0.4, 0.5) is 13.2 Å². The lowest BCUT2D eigenvalue weighted by atomic mass is 9.92. The van der Waals surface area contributed by atoms with Gasteiger partial charge in [0.2, 0.25) is 0 Å². The third-order valence-electron chi connectivity index (χ3n) is 2.85. The van der Waals surface area contributed by atoms with E-state index >= 15 is 0 Å². The average molecular weight is 269 g/mol. The molecule has 0 aromatic rings. The third kappa shape index (κ3) is 10.8. The van der Waals surface area contributed by atoms with Crippen LogP contribution in [0.25, 0.3) is 0 Å². The molecule has 1 N–H and O–H groups in total. The van der Waals surface area contributed by atoms with Crippen molar-refractivity contribution in [1.29, 1.82) is 0 Å². The van der Waals surface area contributed by atoms with E-state index in [0.29, 0.717) is 18.3 Å². The minimum atomic E-state index is -4.22. The second kappa shape index (κ2) is 8.75. The van der Waals surface area contributed by atoms with Crippen molar-refractivity contribution in [3.63, 3.8) is 0 Å². The van der Waals surface area contributed by atoms with E-state index in [1.165, 1.54) is 0 Å². The summed E-state index contributed by atoms with van der Waals surface area (Å²) in [5, 5.41) is 3.14. The molecule has 2 nitrogen and oxygen atoms in total. The van der Waals surface area contributed by atoms with Gasteiger partial charge in [0.25, 0.3) is 0 Å². The second-order valence-electron chi connectivity index (χ2n) is 5.41. The van der Waals surface area contributed by atoms with Crippen LogP contribution in [0.5, 0.6) is 0 Å². The van der Waals surface area contributed by atoms with Crippen molar-refractivity contribution in [2.75, 3.05) is 20.3 Å². The van der Waals surface area contributed by atoms with Crippen LogP contribution in [0.1, 0.15) is 40.0 Å². The van der Waals surface area contributed by atoms with Crippen LogP contribution >= 0.6 is 0 Å². The maximum absolute atomic E-state index is 11.9. The molecule has 2 atom stereocenters. The van der Waals surface area contributed by atoms with Gasteiger partial charge in [0.15, 0.2) is 0 Å².